The first kappa shape index (κ1) is 14.1. The van der Waals surface area contributed by atoms with Crippen LogP contribution in [0.15, 0.2) is 36.4 Å². The fourth-order valence-corrected chi connectivity index (χ4v) is 2.35. The van der Waals surface area contributed by atoms with Crippen molar-refractivity contribution in [3.05, 3.63) is 42.0 Å². The fourth-order valence-electron chi connectivity index (χ4n) is 2.35. The molecule has 0 amide bonds. The molecule has 2 heteroatoms. The van der Waals surface area contributed by atoms with Gasteiger partial charge < -0.3 is 4.74 Å². The molecule has 0 bridgehead atoms. The van der Waals surface area contributed by atoms with Crippen molar-refractivity contribution in [2.75, 3.05) is 13.6 Å². The number of benzene rings is 1. The molecule has 104 valence electrons. The second-order valence-electron chi connectivity index (χ2n) is 5.77. The molecule has 1 atom stereocenters. The molecule has 19 heavy (non-hydrogen) atoms. The van der Waals surface area contributed by atoms with Gasteiger partial charge in [0.05, 0.1) is 6.10 Å². The summed E-state index contributed by atoms with van der Waals surface area (Å²) in [5, 5.41) is 0. The Bertz CT molecular complexity index is 421. The Hall–Kier alpha value is -1.28. The van der Waals surface area contributed by atoms with Crippen molar-refractivity contribution in [3.8, 4) is 5.75 Å². The van der Waals surface area contributed by atoms with Gasteiger partial charge in [0, 0.05) is 6.04 Å². The fraction of sp³-hybridized carbons (Fsp3) is 0.529. The number of likely N-dealkylation sites (N-methyl/N-ethyl adjacent to an activating group) is 1. The molecule has 0 heterocycles. The lowest BCUT2D eigenvalue weighted by molar-refractivity contribution is 0.242. The molecule has 1 aromatic rings. The summed E-state index contributed by atoms with van der Waals surface area (Å²) in [7, 11) is 2.20. The van der Waals surface area contributed by atoms with Crippen molar-refractivity contribution < 1.29 is 4.74 Å². The van der Waals surface area contributed by atoms with Crippen LogP contribution < -0.4 is 4.74 Å². The topological polar surface area (TPSA) is 12.5 Å². The van der Waals surface area contributed by atoms with Crippen LogP contribution in [0.5, 0.6) is 5.75 Å². The van der Waals surface area contributed by atoms with Gasteiger partial charge in [0.15, 0.2) is 0 Å². The molecule has 1 aromatic carbocycles. The van der Waals surface area contributed by atoms with E-state index in [1.165, 1.54) is 24.0 Å². The highest BCUT2D eigenvalue weighted by atomic mass is 16.5. The molecule has 0 radical (unpaired) electrons. The quantitative estimate of drug-likeness (QED) is 0.693. The summed E-state index contributed by atoms with van der Waals surface area (Å²) in [6.07, 6.45) is 3.76. The van der Waals surface area contributed by atoms with Gasteiger partial charge in [0.25, 0.3) is 0 Å². The molecule has 0 aromatic heterocycles. The van der Waals surface area contributed by atoms with E-state index in [2.05, 4.69) is 56.6 Å². The zero-order chi connectivity index (χ0) is 13.8. The van der Waals surface area contributed by atoms with Gasteiger partial charge >= 0.3 is 0 Å². The van der Waals surface area contributed by atoms with Crippen molar-refractivity contribution in [3.63, 3.8) is 0 Å². The van der Waals surface area contributed by atoms with Crippen LogP contribution in [0.2, 0.25) is 0 Å². The third kappa shape index (κ3) is 4.39. The van der Waals surface area contributed by atoms with Crippen molar-refractivity contribution in [1.29, 1.82) is 0 Å². The molecule has 1 aliphatic rings. The molecule has 0 aliphatic heterocycles. The third-order valence-electron chi connectivity index (χ3n) is 3.57. The summed E-state index contributed by atoms with van der Waals surface area (Å²) in [4.78, 5) is 2.42. The van der Waals surface area contributed by atoms with Crippen LogP contribution in [0.1, 0.15) is 32.3 Å². The lowest BCUT2D eigenvalue weighted by atomic mass is 10.1. The number of hydrogen-bond donors (Lipinski definition) is 0. The maximum absolute atomic E-state index is 5.65. The molecule has 2 nitrogen and oxygen atoms in total. The second kappa shape index (κ2) is 6.25. The number of hydrogen-bond acceptors (Lipinski definition) is 2. The SMILES string of the molecule is C=C1CC1N(C)CCCc1ccc(OC(C)C)cc1. The van der Waals surface area contributed by atoms with Crippen molar-refractivity contribution in [1.82, 2.24) is 4.90 Å². The molecule has 1 unspecified atom stereocenters. The van der Waals surface area contributed by atoms with E-state index in [0.717, 1.165) is 18.7 Å². The minimum atomic E-state index is 0.242. The van der Waals surface area contributed by atoms with E-state index in [-0.39, 0.29) is 6.10 Å². The minimum absolute atomic E-state index is 0.242. The van der Waals surface area contributed by atoms with E-state index in [1.54, 1.807) is 0 Å². The average Bonchev–Trinajstić information content (AvgIpc) is 3.08. The van der Waals surface area contributed by atoms with Crippen LogP contribution in [0.3, 0.4) is 0 Å². The first-order valence-corrected chi connectivity index (χ1v) is 7.20. The van der Waals surface area contributed by atoms with Crippen LogP contribution in [0.4, 0.5) is 0 Å². The van der Waals surface area contributed by atoms with Crippen molar-refractivity contribution >= 4 is 0 Å². The Morgan fingerprint density at radius 2 is 1.95 bits per heavy atom. The lowest BCUT2D eigenvalue weighted by Gasteiger charge is -2.15. The third-order valence-corrected chi connectivity index (χ3v) is 3.57. The Morgan fingerprint density at radius 3 is 2.47 bits per heavy atom. The maximum atomic E-state index is 5.65. The van der Waals surface area contributed by atoms with Crippen LogP contribution in [0, 0.1) is 0 Å². The summed E-state index contributed by atoms with van der Waals surface area (Å²) >= 11 is 0. The summed E-state index contributed by atoms with van der Waals surface area (Å²) in [5.74, 6) is 0.963. The first-order valence-electron chi connectivity index (χ1n) is 7.20. The van der Waals surface area contributed by atoms with Crippen molar-refractivity contribution in [2.24, 2.45) is 0 Å². The highest BCUT2D eigenvalue weighted by molar-refractivity contribution is 5.27. The van der Waals surface area contributed by atoms with E-state index in [9.17, 15) is 0 Å². The van der Waals surface area contributed by atoms with Gasteiger partial charge in [-0.2, -0.15) is 0 Å². The monoisotopic (exact) mass is 259 g/mol. The zero-order valence-electron chi connectivity index (χ0n) is 12.4. The summed E-state index contributed by atoms with van der Waals surface area (Å²) in [5.41, 5.74) is 2.77. The van der Waals surface area contributed by atoms with E-state index in [1.807, 2.05) is 0 Å². The molecule has 1 aliphatic carbocycles. The second-order valence-corrected chi connectivity index (χ2v) is 5.77. The molecular weight excluding hydrogens is 234 g/mol. The summed E-state index contributed by atoms with van der Waals surface area (Å²) in [6.45, 7) is 9.26. The lowest BCUT2D eigenvalue weighted by Crippen LogP contribution is -2.22. The van der Waals surface area contributed by atoms with Crippen molar-refractivity contribution in [2.45, 2.75) is 45.3 Å². The van der Waals surface area contributed by atoms with Gasteiger partial charge in [-0.05, 0) is 64.4 Å². The number of rotatable bonds is 7. The van der Waals surface area contributed by atoms with Gasteiger partial charge in [-0.1, -0.05) is 24.3 Å². The first-order chi connectivity index (χ1) is 9.06. The van der Waals surface area contributed by atoms with E-state index < -0.39 is 0 Å². The van der Waals surface area contributed by atoms with Gasteiger partial charge in [-0.15, -0.1) is 0 Å². The highest BCUT2D eigenvalue weighted by Gasteiger charge is 2.30. The maximum Gasteiger partial charge on any atom is 0.119 e. The predicted octanol–water partition coefficient (Wildman–Crippen LogP) is 3.67. The smallest absolute Gasteiger partial charge is 0.119 e. The molecule has 0 saturated heterocycles. The standard InChI is InChI=1S/C17H25NO/c1-13(2)19-16-9-7-15(8-10-16)6-5-11-18(4)17-12-14(17)3/h7-10,13,17H,3,5-6,11-12H2,1-2,4H3. The average molecular weight is 259 g/mol. The van der Waals surface area contributed by atoms with E-state index in [4.69, 9.17) is 4.74 Å². The van der Waals surface area contributed by atoms with Crippen LogP contribution >= 0.6 is 0 Å². The largest absolute Gasteiger partial charge is 0.491 e. The van der Waals surface area contributed by atoms with Crippen LogP contribution in [-0.4, -0.2) is 30.6 Å². The molecule has 2 rings (SSSR count). The van der Waals surface area contributed by atoms with Crippen LogP contribution in [0.25, 0.3) is 0 Å². The van der Waals surface area contributed by atoms with Gasteiger partial charge in [-0.25, -0.2) is 0 Å². The molecular formula is C17H25NO. The Labute approximate surface area is 117 Å². The Balaban J connectivity index is 1.72. The number of nitrogens with zero attached hydrogens (tertiary/aromatic N) is 1. The number of aryl methyl sites for hydroxylation is 1. The normalized spacial score (nSPS) is 18.2. The summed E-state index contributed by atoms with van der Waals surface area (Å²) in [6, 6.07) is 9.15. The molecule has 1 fully saturated rings. The van der Waals surface area contributed by atoms with Gasteiger partial charge in [-0.3, -0.25) is 4.90 Å². The van der Waals surface area contributed by atoms with E-state index in [0.29, 0.717) is 6.04 Å². The molecule has 0 spiro atoms. The van der Waals surface area contributed by atoms with Gasteiger partial charge in [0.2, 0.25) is 0 Å². The summed E-state index contributed by atoms with van der Waals surface area (Å²) < 4.78 is 5.65. The predicted molar refractivity (Wildman–Crippen MR) is 80.7 cm³/mol. The highest BCUT2D eigenvalue weighted by Crippen LogP contribution is 2.31. The molecule has 1 saturated carbocycles. The Kier molecular flexibility index (Phi) is 4.65. The Morgan fingerprint density at radius 1 is 1.32 bits per heavy atom. The van der Waals surface area contributed by atoms with E-state index >= 15 is 0 Å². The van der Waals surface area contributed by atoms with Gasteiger partial charge in [0.1, 0.15) is 5.75 Å². The zero-order valence-corrected chi connectivity index (χ0v) is 12.4. The number of ether oxygens (including phenoxy) is 1. The molecule has 0 N–H and O–H groups in total. The minimum Gasteiger partial charge on any atom is -0.491 e. The van der Waals surface area contributed by atoms with Crippen LogP contribution in [-0.2, 0) is 6.42 Å².